The van der Waals surface area contributed by atoms with Crippen LogP contribution in [0.5, 0.6) is 0 Å². The number of carbonyl (C=O) groups excluding carboxylic acids is 1. The number of guanidine groups is 1. The number of hydrogen-bond acceptors (Lipinski definition) is 2. The van der Waals surface area contributed by atoms with Gasteiger partial charge in [-0.1, -0.05) is 30.3 Å². The van der Waals surface area contributed by atoms with Gasteiger partial charge in [0.2, 0.25) is 5.91 Å². The molecule has 5 heteroatoms. The molecule has 0 aromatic heterocycles. The van der Waals surface area contributed by atoms with E-state index >= 15 is 0 Å². The first-order valence-electron chi connectivity index (χ1n) is 4.76. The van der Waals surface area contributed by atoms with Crippen LogP contribution >= 0.6 is 12.4 Å². The molecule has 0 saturated heterocycles. The van der Waals surface area contributed by atoms with Crippen LogP contribution in [0.1, 0.15) is 12.0 Å². The molecule has 0 spiro atoms. The molecule has 1 aromatic rings. The SMILES string of the molecule is CN(C(=N)N)C(=O)CCc1ccccc1.Cl. The molecule has 4 nitrogen and oxygen atoms in total. The third kappa shape index (κ3) is 4.31. The van der Waals surface area contributed by atoms with Gasteiger partial charge in [-0.25, -0.2) is 0 Å². The molecule has 0 heterocycles. The predicted octanol–water partition coefficient (Wildman–Crippen LogP) is 1.39. The molecule has 0 aliphatic rings. The van der Waals surface area contributed by atoms with Crippen LogP contribution in [-0.4, -0.2) is 23.8 Å². The zero-order valence-electron chi connectivity index (χ0n) is 9.14. The van der Waals surface area contributed by atoms with E-state index in [4.69, 9.17) is 11.1 Å². The molecular formula is C11H16ClN3O. The second kappa shape index (κ2) is 6.85. The Morgan fingerprint density at radius 2 is 1.94 bits per heavy atom. The highest BCUT2D eigenvalue weighted by Crippen LogP contribution is 2.03. The Kier molecular flexibility index (Phi) is 6.18. The summed E-state index contributed by atoms with van der Waals surface area (Å²) in [5.41, 5.74) is 6.31. The number of hydrogen-bond donors (Lipinski definition) is 2. The van der Waals surface area contributed by atoms with Crippen LogP contribution in [0, 0.1) is 5.41 Å². The molecule has 0 atom stereocenters. The third-order valence-corrected chi connectivity index (χ3v) is 2.21. The molecule has 3 N–H and O–H groups in total. The molecular weight excluding hydrogens is 226 g/mol. The topological polar surface area (TPSA) is 70.2 Å². The average molecular weight is 242 g/mol. The fraction of sp³-hybridized carbons (Fsp3) is 0.273. The lowest BCUT2D eigenvalue weighted by Crippen LogP contribution is -2.37. The van der Waals surface area contributed by atoms with E-state index in [1.54, 1.807) is 0 Å². The minimum absolute atomic E-state index is 0. The molecule has 0 saturated carbocycles. The maximum absolute atomic E-state index is 11.5. The highest BCUT2D eigenvalue weighted by molar-refractivity contribution is 5.94. The minimum Gasteiger partial charge on any atom is -0.370 e. The van der Waals surface area contributed by atoms with Gasteiger partial charge in [-0.3, -0.25) is 15.1 Å². The number of aryl methyl sites for hydroxylation is 1. The van der Waals surface area contributed by atoms with E-state index in [0.29, 0.717) is 12.8 Å². The summed E-state index contributed by atoms with van der Waals surface area (Å²) >= 11 is 0. The smallest absolute Gasteiger partial charge is 0.229 e. The summed E-state index contributed by atoms with van der Waals surface area (Å²) in [5.74, 6) is -0.348. The molecule has 1 aromatic carbocycles. The van der Waals surface area contributed by atoms with Gasteiger partial charge in [0.15, 0.2) is 5.96 Å². The van der Waals surface area contributed by atoms with Crippen molar-refractivity contribution in [1.29, 1.82) is 5.41 Å². The number of carbonyl (C=O) groups is 1. The van der Waals surface area contributed by atoms with Gasteiger partial charge >= 0.3 is 0 Å². The molecule has 0 aliphatic heterocycles. The highest BCUT2D eigenvalue weighted by Gasteiger charge is 2.10. The fourth-order valence-electron chi connectivity index (χ4n) is 1.20. The molecule has 1 amide bonds. The lowest BCUT2D eigenvalue weighted by atomic mass is 10.1. The van der Waals surface area contributed by atoms with E-state index in [1.807, 2.05) is 30.3 Å². The first-order valence-corrected chi connectivity index (χ1v) is 4.76. The first kappa shape index (κ1) is 14.5. The number of nitrogens with two attached hydrogens (primary N) is 1. The van der Waals surface area contributed by atoms with Gasteiger partial charge in [-0.15, -0.1) is 12.4 Å². The van der Waals surface area contributed by atoms with Crippen molar-refractivity contribution < 1.29 is 4.79 Å². The summed E-state index contributed by atoms with van der Waals surface area (Å²) in [6.07, 6.45) is 1.05. The summed E-state index contributed by atoms with van der Waals surface area (Å²) in [5, 5.41) is 7.10. The van der Waals surface area contributed by atoms with Gasteiger partial charge in [0, 0.05) is 13.5 Å². The van der Waals surface area contributed by atoms with Crippen molar-refractivity contribution in [2.24, 2.45) is 5.73 Å². The summed E-state index contributed by atoms with van der Waals surface area (Å²) in [4.78, 5) is 12.6. The number of rotatable bonds is 3. The molecule has 0 radical (unpaired) electrons. The molecule has 0 aliphatic carbocycles. The van der Waals surface area contributed by atoms with Crippen molar-refractivity contribution in [2.45, 2.75) is 12.8 Å². The van der Waals surface area contributed by atoms with Gasteiger partial charge < -0.3 is 5.73 Å². The van der Waals surface area contributed by atoms with E-state index < -0.39 is 0 Å². The van der Waals surface area contributed by atoms with Crippen molar-refractivity contribution in [3.8, 4) is 0 Å². The summed E-state index contributed by atoms with van der Waals surface area (Å²) in [7, 11) is 1.51. The lowest BCUT2D eigenvalue weighted by Gasteiger charge is -2.14. The number of amides is 1. The molecule has 0 fully saturated rings. The van der Waals surface area contributed by atoms with Crippen molar-refractivity contribution in [3.05, 3.63) is 35.9 Å². The largest absolute Gasteiger partial charge is 0.370 e. The van der Waals surface area contributed by atoms with E-state index in [0.717, 1.165) is 10.5 Å². The van der Waals surface area contributed by atoms with Gasteiger partial charge in [0.1, 0.15) is 0 Å². The van der Waals surface area contributed by atoms with Gasteiger partial charge in [0.05, 0.1) is 0 Å². The predicted molar refractivity (Wildman–Crippen MR) is 66.7 cm³/mol. The van der Waals surface area contributed by atoms with Crippen LogP contribution in [0.2, 0.25) is 0 Å². The summed E-state index contributed by atoms with van der Waals surface area (Å²) in [6.45, 7) is 0. The number of nitrogens with one attached hydrogen (secondary N) is 1. The van der Waals surface area contributed by atoms with Gasteiger partial charge in [0.25, 0.3) is 0 Å². The van der Waals surface area contributed by atoms with Crippen LogP contribution < -0.4 is 5.73 Å². The van der Waals surface area contributed by atoms with Gasteiger partial charge in [-0.05, 0) is 12.0 Å². The van der Waals surface area contributed by atoms with Crippen molar-refractivity contribution in [2.75, 3.05) is 7.05 Å². The standard InChI is InChI=1S/C11H15N3O.ClH/c1-14(11(12)13)10(15)8-7-9-5-3-2-4-6-9;/h2-6H,7-8H2,1H3,(H3,12,13);1H. The van der Waals surface area contributed by atoms with Crippen molar-refractivity contribution in [1.82, 2.24) is 4.90 Å². The zero-order chi connectivity index (χ0) is 11.3. The minimum atomic E-state index is -0.215. The molecule has 16 heavy (non-hydrogen) atoms. The quantitative estimate of drug-likeness (QED) is 0.620. The Labute approximate surface area is 101 Å². The first-order chi connectivity index (χ1) is 7.11. The second-order valence-electron chi connectivity index (χ2n) is 3.32. The second-order valence-corrected chi connectivity index (χ2v) is 3.32. The normalized spacial score (nSPS) is 9.06. The Bertz CT molecular complexity index is 354. The number of benzene rings is 1. The third-order valence-electron chi connectivity index (χ3n) is 2.21. The van der Waals surface area contributed by atoms with Gasteiger partial charge in [-0.2, -0.15) is 0 Å². The lowest BCUT2D eigenvalue weighted by molar-refractivity contribution is -0.126. The Hall–Kier alpha value is -1.55. The van der Waals surface area contributed by atoms with Crippen LogP contribution in [-0.2, 0) is 11.2 Å². The summed E-state index contributed by atoms with van der Waals surface area (Å²) < 4.78 is 0. The van der Waals surface area contributed by atoms with Crippen molar-refractivity contribution in [3.63, 3.8) is 0 Å². The average Bonchev–Trinajstić information content (AvgIpc) is 2.26. The number of halogens is 1. The van der Waals surface area contributed by atoms with E-state index in [2.05, 4.69) is 0 Å². The molecule has 0 unspecified atom stereocenters. The monoisotopic (exact) mass is 241 g/mol. The van der Waals surface area contributed by atoms with Crippen LogP contribution in [0.15, 0.2) is 30.3 Å². The van der Waals surface area contributed by atoms with Crippen LogP contribution in [0.4, 0.5) is 0 Å². The Balaban J connectivity index is 0.00000225. The van der Waals surface area contributed by atoms with Crippen LogP contribution in [0.3, 0.4) is 0 Å². The summed E-state index contributed by atoms with van der Waals surface area (Å²) in [6, 6.07) is 9.76. The molecule has 0 bridgehead atoms. The molecule has 88 valence electrons. The van der Waals surface area contributed by atoms with Crippen molar-refractivity contribution >= 4 is 24.3 Å². The van der Waals surface area contributed by atoms with E-state index in [9.17, 15) is 4.79 Å². The Morgan fingerprint density at radius 1 is 1.38 bits per heavy atom. The van der Waals surface area contributed by atoms with Crippen LogP contribution in [0.25, 0.3) is 0 Å². The Morgan fingerprint density at radius 3 is 2.44 bits per heavy atom. The van der Waals surface area contributed by atoms with E-state index in [-0.39, 0.29) is 24.3 Å². The number of nitrogens with zero attached hydrogens (tertiary/aromatic N) is 1. The zero-order valence-corrected chi connectivity index (χ0v) is 9.96. The molecule has 1 rings (SSSR count). The fourth-order valence-corrected chi connectivity index (χ4v) is 1.20. The maximum atomic E-state index is 11.5. The highest BCUT2D eigenvalue weighted by atomic mass is 35.5. The maximum Gasteiger partial charge on any atom is 0.229 e. The van der Waals surface area contributed by atoms with E-state index in [1.165, 1.54) is 7.05 Å².